The average molecular weight is 674 g/mol. The van der Waals surface area contributed by atoms with Crippen LogP contribution in [0.15, 0.2) is 93.9 Å². The number of anilines is 1. The Hall–Kier alpha value is -3.95. The zero-order valence-electron chi connectivity index (χ0n) is 21.6. The summed E-state index contributed by atoms with van der Waals surface area (Å²) in [6.45, 7) is -0.405. The van der Waals surface area contributed by atoms with E-state index in [9.17, 15) is 19.2 Å². The van der Waals surface area contributed by atoms with Crippen LogP contribution in [0.25, 0.3) is 22.2 Å². The van der Waals surface area contributed by atoms with Crippen molar-refractivity contribution in [2.24, 2.45) is 11.8 Å². The molecule has 4 aromatic rings. The highest BCUT2D eigenvalue weighted by molar-refractivity contribution is 9.10. The summed E-state index contributed by atoms with van der Waals surface area (Å²) in [5, 5.41) is 0.574. The molecule has 1 aromatic heterocycles. The molecule has 2 heterocycles. The fraction of sp³-hybridized carbons (Fsp3) is 0.156. The lowest BCUT2D eigenvalue weighted by molar-refractivity contribution is -0.122. The predicted octanol–water partition coefficient (Wildman–Crippen LogP) is 6.92. The van der Waals surface area contributed by atoms with Crippen molar-refractivity contribution >= 4 is 72.0 Å². The monoisotopic (exact) mass is 672 g/mol. The van der Waals surface area contributed by atoms with Crippen molar-refractivity contribution in [3.05, 3.63) is 105 Å². The second kappa shape index (κ2) is 11.1. The molecule has 41 heavy (non-hydrogen) atoms. The van der Waals surface area contributed by atoms with Crippen molar-refractivity contribution in [3.8, 4) is 11.3 Å². The van der Waals surface area contributed by atoms with E-state index in [1.54, 1.807) is 66.7 Å². The SMILES string of the molecule is O=C(COC(=O)c1cc(-c2ccc(N3C(=O)[C@H]4CC=CC[C@@H]4C3=O)cc2)nc2ccc(Br)cc12)c1ccc(Br)cc1. The van der Waals surface area contributed by atoms with Crippen LogP contribution in [-0.4, -0.2) is 35.2 Å². The number of imide groups is 1. The number of halogens is 2. The molecule has 1 saturated heterocycles. The van der Waals surface area contributed by atoms with Crippen LogP contribution >= 0.6 is 31.9 Å². The Morgan fingerprint density at radius 2 is 1.46 bits per heavy atom. The second-order valence-electron chi connectivity index (χ2n) is 9.94. The van der Waals surface area contributed by atoms with Gasteiger partial charge < -0.3 is 4.74 Å². The van der Waals surface area contributed by atoms with Crippen molar-refractivity contribution in [3.63, 3.8) is 0 Å². The summed E-state index contributed by atoms with van der Waals surface area (Å²) in [5.41, 5.74) is 2.98. The van der Waals surface area contributed by atoms with Gasteiger partial charge in [0.1, 0.15) is 0 Å². The minimum Gasteiger partial charge on any atom is -0.454 e. The summed E-state index contributed by atoms with van der Waals surface area (Å²) < 4.78 is 7.05. The number of amides is 2. The molecule has 0 spiro atoms. The van der Waals surface area contributed by atoms with Gasteiger partial charge in [-0.15, -0.1) is 0 Å². The molecule has 7 nitrogen and oxygen atoms in total. The van der Waals surface area contributed by atoms with E-state index >= 15 is 0 Å². The molecule has 0 N–H and O–H groups in total. The van der Waals surface area contributed by atoms with Crippen molar-refractivity contribution in [1.29, 1.82) is 0 Å². The number of fused-ring (bicyclic) bond motifs is 2. The standard InChI is InChI=1S/C32H22Br2N2O5/c33-20-9-5-19(6-10-20)29(37)17-41-32(40)26-16-28(35-27-14-11-21(34)15-25(26)27)18-7-12-22(13-8-18)36-30(38)23-3-1-2-4-24(23)31(36)39/h1-2,5-16,23-24H,3-4,17H2/t23-,24-/m0/s1. The van der Waals surface area contributed by atoms with Gasteiger partial charge in [0.15, 0.2) is 12.4 Å². The number of hydrogen-bond donors (Lipinski definition) is 0. The number of ether oxygens (including phenoxy) is 1. The lowest BCUT2D eigenvalue weighted by Gasteiger charge is -2.15. The molecule has 1 aliphatic carbocycles. The summed E-state index contributed by atoms with van der Waals surface area (Å²) in [6, 6.07) is 20.8. The second-order valence-corrected chi connectivity index (χ2v) is 11.8. The minimum absolute atomic E-state index is 0.172. The zero-order chi connectivity index (χ0) is 28.7. The first-order chi connectivity index (χ1) is 19.8. The number of nitrogens with zero attached hydrogens (tertiary/aromatic N) is 2. The van der Waals surface area contributed by atoms with E-state index in [0.29, 0.717) is 46.3 Å². The Labute approximate surface area is 252 Å². The number of benzene rings is 3. The Morgan fingerprint density at radius 3 is 2.12 bits per heavy atom. The van der Waals surface area contributed by atoms with Crippen molar-refractivity contribution < 1.29 is 23.9 Å². The molecular formula is C32H22Br2N2O5. The predicted molar refractivity (Wildman–Crippen MR) is 161 cm³/mol. The third kappa shape index (κ3) is 5.27. The van der Waals surface area contributed by atoms with Gasteiger partial charge in [0.05, 0.1) is 34.3 Å². The van der Waals surface area contributed by atoms with E-state index in [0.717, 1.165) is 8.95 Å². The van der Waals surface area contributed by atoms with E-state index in [4.69, 9.17) is 9.72 Å². The topological polar surface area (TPSA) is 93.6 Å². The van der Waals surface area contributed by atoms with Gasteiger partial charge in [-0.25, -0.2) is 9.78 Å². The van der Waals surface area contributed by atoms with Crippen LogP contribution in [0, 0.1) is 11.8 Å². The van der Waals surface area contributed by atoms with Crippen molar-refractivity contribution in [2.75, 3.05) is 11.5 Å². The van der Waals surface area contributed by atoms with Crippen LogP contribution in [0.2, 0.25) is 0 Å². The first-order valence-corrected chi connectivity index (χ1v) is 14.6. The Kier molecular flexibility index (Phi) is 7.40. The highest BCUT2D eigenvalue weighted by Crippen LogP contribution is 2.38. The molecule has 6 rings (SSSR count). The van der Waals surface area contributed by atoms with Crippen LogP contribution in [0.1, 0.15) is 33.6 Å². The van der Waals surface area contributed by atoms with Crippen LogP contribution < -0.4 is 4.90 Å². The number of carbonyl (C=O) groups is 4. The molecule has 0 bridgehead atoms. The summed E-state index contributed by atoms with van der Waals surface area (Å²) in [4.78, 5) is 57.9. The Morgan fingerprint density at radius 1 is 0.829 bits per heavy atom. The Balaban J connectivity index is 1.28. The van der Waals surface area contributed by atoms with Gasteiger partial charge in [-0.3, -0.25) is 19.3 Å². The third-order valence-corrected chi connectivity index (χ3v) is 8.44. The maximum atomic E-state index is 13.3. The van der Waals surface area contributed by atoms with Gasteiger partial charge in [-0.1, -0.05) is 68.3 Å². The molecule has 0 unspecified atom stereocenters. The first kappa shape index (κ1) is 27.2. The molecule has 9 heteroatoms. The van der Waals surface area contributed by atoms with Gasteiger partial charge in [0.2, 0.25) is 11.8 Å². The summed E-state index contributed by atoms with van der Waals surface area (Å²) in [6.07, 6.45) is 5.08. The van der Waals surface area contributed by atoms with E-state index in [-0.39, 0.29) is 35.0 Å². The van der Waals surface area contributed by atoms with E-state index in [1.165, 1.54) is 4.90 Å². The molecule has 2 aliphatic rings. The normalized spacial score (nSPS) is 18.0. The number of allylic oxidation sites excluding steroid dienone is 2. The van der Waals surface area contributed by atoms with Gasteiger partial charge in [0.25, 0.3) is 0 Å². The molecule has 2 atom stereocenters. The number of carbonyl (C=O) groups excluding carboxylic acids is 4. The molecule has 1 fully saturated rings. The smallest absolute Gasteiger partial charge is 0.339 e. The lowest BCUT2D eigenvalue weighted by Crippen LogP contribution is -2.30. The van der Waals surface area contributed by atoms with E-state index < -0.39 is 12.6 Å². The zero-order valence-corrected chi connectivity index (χ0v) is 24.7. The number of esters is 1. The number of pyridine rings is 1. The highest BCUT2D eigenvalue weighted by Gasteiger charge is 2.47. The number of aromatic nitrogens is 1. The summed E-state index contributed by atoms with van der Waals surface area (Å²) >= 11 is 6.79. The van der Waals surface area contributed by atoms with Gasteiger partial charge in [0, 0.05) is 25.5 Å². The molecular weight excluding hydrogens is 652 g/mol. The maximum Gasteiger partial charge on any atom is 0.339 e. The minimum atomic E-state index is -0.650. The molecule has 204 valence electrons. The Bertz CT molecular complexity index is 1720. The van der Waals surface area contributed by atoms with E-state index in [1.807, 2.05) is 18.2 Å². The number of ketones is 1. The van der Waals surface area contributed by atoms with Crippen LogP contribution in [0.3, 0.4) is 0 Å². The first-order valence-electron chi connectivity index (χ1n) is 13.0. The molecule has 3 aromatic carbocycles. The fourth-order valence-electron chi connectivity index (χ4n) is 5.28. The van der Waals surface area contributed by atoms with Gasteiger partial charge in [-0.05, 0) is 61.4 Å². The molecule has 1 aliphatic heterocycles. The summed E-state index contributed by atoms with van der Waals surface area (Å²) in [7, 11) is 0. The quantitative estimate of drug-likeness (QED) is 0.0955. The van der Waals surface area contributed by atoms with Crippen LogP contribution in [0.5, 0.6) is 0 Å². The van der Waals surface area contributed by atoms with Crippen LogP contribution in [0.4, 0.5) is 5.69 Å². The number of Topliss-reactive ketones (excluding diaryl/α,β-unsaturated/α-hetero) is 1. The van der Waals surface area contributed by atoms with Crippen LogP contribution in [-0.2, 0) is 14.3 Å². The van der Waals surface area contributed by atoms with E-state index in [2.05, 4.69) is 31.9 Å². The van der Waals surface area contributed by atoms with Gasteiger partial charge >= 0.3 is 5.97 Å². The lowest BCUT2D eigenvalue weighted by atomic mass is 9.85. The molecule has 0 radical (unpaired) electrons. The van der Waals surface area contributed by atoms with Gasteiger partial charge in [-0.2, -0.15) is 0 Å². The number of hydrogen-bond acceptors (Lipinski definition) is 6. The third-order valence-electron chi connectivity index (χ3n) is 7.42. The maximum absolute atomic E-state index is 13.3. The summed E-state index contributed by atoms with van der Waals surface area (Å²) in [5.74, 6) is -1.93. The molecule has 0 saturated carbocycles. The average Bonchev–Trinajstić information content (AvgIpc) is 3.25. The largest absolute Gasteiger partial charge is 0.454 e. The molecule has 2 amide bonds. The van der Waals surface area contributed by atoms with Crippen molar-refractivity contribution in [2.45, 2.75) is 12.8 Å². The highest BCUT2D eigenvalue weighted by atomic mass is 79.9. The van der Waals surface area contributed by atoms with Crippen molar-refractivity contribution in [1.82, 2.24) is 4.98 Å². The fourth-order valence-corrected chi connectivity index (χ4v) is 5.90. The number of rotatable bonds is 6.